The van der Waals surface area contributed by atoms with Crippen molar-refractivity contribution in [1.29, 1.82) is 0 Å². The second kappa shape index (κ2) is 7.92. The maximum absolute atomic E-state index is 13.0. The molecule has 8 heteroatoms. The number of carbonyl (C=O) groups is 1. The standard InChI is InChI=1S/C20H21FN4O3/c1-13-23-20(28-24-13)15-8-10-25(11-9-15)19(26)7-6-18-22-12-17(27-18)14-2-4-16(21)5-3-14/h2-5,12,15H,6-11H2,1H3. The van der Waals surface area contributed by atoms with Crippen LogP contribution in [0.1, 0.15) is 42.8 Å². The number of halogens is 1. The molecule has 28 heavy (non-hydrogen) atoms. The molecular weight excluding hydrogens is 363 g/mol. The molecule has 2 aromatic heterocycles. The molecule has 1 saturated heterocycles. The van der Waals surface area contributed by atoms with Crippen molar-refractivity contribution in [1.82, 2.24) is 20.0 Å². The zero-order valence-electron chi connectivity index (χ0n) is 15.6. The number of amides is 1. The molecule has 3 aromatic rings. The lowest BCUT2D eigenvalue weighted by molar-refractivity contribution is -0.132. The molecule has 4 rings (SSSR count). The lowest BCUT2D eigenvalue weighted by Gasteiger charge is -2.30. The summed E-state index contributed by atoms with van der Waals surface area (Å²) in [5, 5.41) is 3.83. The van der Waals surface area contributed by atoms with Gasteiger partial charge in [0.05, 0.1) is 6.20 Å². The smallest absolute Gasteiger partial charge is 0.229 e. The number of nitrogens with zero attached hydrogens (tertiary/aromatic N) is 4. The van der Waals surface area contributed by atoms with Crippen LogP contribution in [-0.2, 0) is 11.2 Å². The highest BCUT2D eigenvalue weighted by Crippen LogP contribution is 2.27. The van der Waals surface area contributed by atoms with Crippen LogP contribution in [0.15, 0.2) is 39.4 Å². The molecule has 0 radical (unpaired) electrons. The van der Waals surface area contributed by atoms with E-state index in [2.05, 4.69) is 15.1 Å². The minimum Gasteiger partial charge on any atom is -0.441 e. The van der Waals surface area contributed by atoms with Gasteiger partial charge in [-0.2, -0.15) is 4.98 Å². The van der Waals surface area contributed by atoms with Crippen molar-refractivity contribution < 1.29 is 18.1 Å². The minimum absolute atomic E-state index is 0.0849. The molecule has 1 aliphatic rings. The number of rotatable bonds is 5. The molecule has 1 amide bonds. The van der Waals surface area contributed by atoms with Gasteiger partial charge < -0.3 is 13.8 Å². The Labute approximate surface area is 161 Å². The van der Waals surface area contributed by atoms with E-state index in [1.165, 1.54) is 12.1 Å². The van der Waals surface area contributed by atoms with Crippen molar-refractivity contribution in [3.63, 3.8) is 0 Å². The third-order valence-electron chi connectivity index (χ3n) is 4.98. The van der Waals surface area contributed by atoms with Crippen molar-refractivity contribution in [3.05, 3.63) is 53.9 Å². The fourth-order valence-corrected chi connectivity index (χ4v) is 3.40. The minimum atomic E-state index is -0.299. The van der Waals surface area contributed by atoms with E-state index in [-0.39, 0.29) is 17.6 Å². The zero-order chi connectivity index (χ0) is 19.5. The molecule has 1 aliphatic heterocycles. The van der Waals surface area contributed by atoms with Crippen molar-refractivity contribution in [2.24, 2.45) is 0 Å². The van der Waals surface area contributed by atoms with Crippen molar-refractivity contribution in [2.75, 3.05) is 13.1 Å². The van der Waals surface area contributed by atoms with Gasteiger partial charge >= 0.3 is 0 Å². The highest BCUT2D eigenvalue weighted by Gasteiger charge is 2.27. The van der Waals surface area contributed by atoms with E-state index >= 15 is 0 Å². The molecule has 7 nitrogen and oxygen atoms in total. The second-order valence-corrected chi connectivity index (χ2v) is 6.96. The molecule has 0 bridgehead atoms. The number of hydrogen-bond acceptors (Lipinski definition) is 6. The monoisotopic (exact) mass is 384 g/mol. The predicted octanol–water partition coefficient (Wildman–Crippen LogP) is 3.51. The fourth-order valence-electron chi connectivity index (χ4n) is 3.40. The van der Waals surface area contributed by atoms with Crippen LogP contribution in [-0.4, -0.2) is 39.0 Å². The highest BCUT2D eigenvalue weighted by atomic mass is 19.1. The van der Waals surface area contributed by atoms with Crippen LogP contribution in [0.5, 0.6) is 0 Å². The number of benzene rings is 1. The van der Waals surface area contributed by atoms with Crippen molar-refractivity contribution in [2.45, 2.75) is 38.5 Å². The average Bonchev–Trinajstić information content (AvgIpc) is 3.36. The summed E-state index contributed by atoms with van der Waals surface area (Å²) >= 11 is 0. The van der Waals surface area contributed by atoms with Gasteiger partial charge in [-0.1, -0.05) is 5.16 Å². The Bertz CT molecular complexity index is 943. The van der Waals surface area contributed by atoms with Gasteiger partial charge in [-0.05, 0) is 44.0 Å². The first kappa shape index (κ1) is 18.3. The topological polar surface area (TPSA) is 85.3 Å². The van der Waals surface area contributed by atoms with Crippen LogP contribution in [0, 0.1) is 12.7 Å². The molecular formula is C20H21FN4O3. The summed E-state index contributed by atoms with van der Waals surface area (Å²) in [5.41, 5.74) is 0.754. The van der Waals surface area contributed by atoms with E-state index in [0.717, 1.165) is 18.4 Å². The van der Waals surface area contributed by atoms with Gasteiger partial charge in [-0.15, -0.1) is 0 Å². The van der Waals surface area contributed by atoms with E-state index in [0.29, 0.717) is 49.3 Å². The molecule has 1 fully saturated rings. The van der Waals surface area contributed by atoms with E-state index < -0.39 is 0 Å². The van der Waals surface area contributed by atoms with Crippen LogP contribution in [0.25, 0.3) is 11.3 Å². The Balaban J connectivity index is 1.27. The number of aromatic nitrogens is 3. The number of oxazole rings is 1. The summed E-state index contributed by atoms with van der Waals surface area (Å²) in [4.78, 5) is 22.9. The molecule has 0 aliphatic carbocycles. The summed E-state index contributed by atoms with van der Waals surface area (Å²) < 4.78 is 24.0. The van der Waals surface area contributed by atoms with Gasteiger partial charge in [0.2, 0.25) is 11.8 Å². The van der Waals surface area contributed by atoms with Crippen LogP contribution in [0.2, 0.25) is 0 Å². The lowest BCUT2D eigenvalue weighted by atomic mass is 9.96. The summed E-state index contributed by atoms with van der Waals surface area (Å²) in [6.07, 6.45) is 4.02. The molecule has 0 N–H and O–H groups in total. The predicted molar refractivity (Wildman–Crippen MR) is 97.8 cm³/mol. The second-order valence-electron chi connectivity index (χ2n) is 6.96. The molecule has 146 valence electrons. The third-order valence-corrected chi connectivity index (χ3v) is 4.98. The number of carbonyl (C=O) groups excluding carboxylic acids is 1. The van der Waals surface area contributed by atoms with Gasteiger partial charge in [-0.3, -0.25) is 4.79 Å². The first-order valence-corrected chi connectivity index (χ1v) is 9.37. The third kappa shape index (κ3) is 4.11. The molecule has 0 atom stereocenters. The number of hydrogen-bond donors (Lipinski definition) is 0. The van der Waals surface area contributed by atoms with Crippen LogP contribution < -0.4 is 0 Å². The van der Waals surface area contributed by atoms with Crippen LogP contribution >= 0.6 is 0 Å². The Kier molecular flexibility index (Phi) is 5.18. The number of piperidine rings is 1. The summed E-state index contributed by atoms with van der Waals surface area (Å²) in [7, 11) is 0. The lowest BCUT2D eigenvalue weighted by Crippen LogP contribution is -2.38. The first-order valence-electron chi connectivity index (χ1n) is 9.37. The molecule has 0 spiro atoms. The van der Waals surface area contributed by atoms with Gasteiger partial charge in [0.1, 0.15) is 5.82 Å². The number of likely N-dealkylation sites (tertiary alicyclic amines) is 1. The Morgan fingerprint density at radius 2 is 2.00 bits per heavy atom. The fraction of sp³-hybridized carbons (Fsp3) is 0.400. The van der Waals surface area contributed by atoms with Gasteiger partial charge in [0, 0.05) is 37.4 Å². The van der Waals surface area contributed by atoms with E-state index in [1.54, 1.807) is 25.3 Å². The van der Waals surface area contributed by atoms with Gasteiger partial charge in [0.25, 0.3) is 0 Å². The maximum atomic E-state index is 13.0. The van der Waals surface area contributed by atoms with E-state index in [9.17, 15) is 9.18 Å². The van der Waals surface area contributed by atoms with E-state index in [1.807, 2.05) is 4.90 Å². The molecule has 0 saturated carbocycles. The van der Waals surface area contributed by atoms with Crippen molar-refractivity contribution >= 4 is 5.91 Å². The highest BCUT2D eigenvalue weighted by molar-refractivity contribution is 5.76. The summed E-state index contributed by atoms with van der Waals surface area (Å²) in [5.74, 6) is 2.38. The van der Waals surface area contributed by atoms with Gasteiger partial charge in [0.15, 0.2) is 17.5 Å². The Morgan fingerprint density at radius 1 is 1.25 bits per heavy atom. The molecule has 0 unspecified atom stereocenters. The van der Waals surface area contributed by atoms with Crippen molar-refractivity contribution in [3.8, 4) is 11.3 Å². The summed E-state index contributed by atoms with van der Waals surface area (Å²) in [6.45, 7) is 3.16. The Hall–Kier alpha value is -3.03. The normalized spacial score (nSPS) is 15.1. The SMILES string of the molecule is Cc1noc(C2CCN(C(=O)CCc3ncc(-c4ccc(F)cc4)o3)CC2)n1. The zero-order valence-corrected chi connectivity index (χ0v) is 15.6. The van der Waals surface area contributed by atoms with E-state index in [4.69, 9.17) is 8.94 Å². The van der Waals surface area contributed by atoms with Crippen LogP contribution in [0.4, 0.5) is 4.39 Å². The largest absolute Gasteiger partial charge is 0.441 e. The first-order chi connectivity index (χ1) is 13.6. The maximum Gasteiger partial charge on any atom is 0.229 e. The van der Waals surface area contributed by atoms with Gasteiger partial charge in [-0.25, -0.2) is 9.37 Å². The molecule has 3 heterocycles. The molecule has 1 aromatic carbocycles. The average molecular weight is 384 g/mol. The summed E-state index contributed by atoms with van der Waals surface area (Å²) in [6, 6.07) is 6.03. The quantitative estimate of drug-likeness (QED) is 0.669. The van der Waals surface area contributed by atoms with Crippen LogP contribution in [0.3, 0.4) is 0 Å². The Morgan fingerprint density at radius 3 is 2.68 bits per heavy atom. The number of aryl methyl sites for hydroxylation is 2.